The lowest BCUT2D eigenvalue weighted by molar-refractivity contribution is 0.798. The van der Waals surface area contributed by atoms with Crippen LogP contribution in [0.25, 0.3) is 22.4 Å². The minimum Gasteiger partial charge on any atom is -0.352 e. The van der Waals surface area contributed by atoms with Crippen LogP contribution in [0.5, 0.6) is 0 Å². The Balaban J connectivity index is 1.93. The predicted molar refractivity (Wildman–Crippen MR) is 108 cm³/mol. The molecular formula is C20H16ClN5O. The summed E-state index contributed by atoms with van der Waals surface area (Å²) in [7, 11) is 0. The van der Waals surface area contributed by atoms with Crippen LogP contribution in [0.4, 0.5) is 5.95 Å². The van der Waals surface area contributed by atoms with Crippen molar-refractivity contribution in [3.05, 3.63) is 88.8 Å². The Labute approximate surface area is 160 Å². The van der Waals surface area contributed by atoms with Gasteiger partial charge in [-0.15, -0.1) is 6.58 Å². The number of aromatic nitrogens is 4. The molecule has 4 aromatic rings. The van der Waals surface area contributed by atoms with Gasteiger partial charge in [0.05, 0.1) is 28.6 Å². The van der Waals surface area contributed by atoms with Crippen molar-refractivity contribution in [3.8, 4) is 11.4 Å². The lowest BCUT2D eigenvalue weighted by Crippen LogP contribution is -2.23. The second-order valence-electron chi connectivity index (χ2n) is 5.83. The standard InChI is InChI=1S/C20H16ClN5O/c1-2-12-22-20-24-15-10-6-7-11-16(15)25(20)17-13-23-26(19(27)18(17)21)14-8-4-3-5-9-14/h2-11,13H,1,12H2,(H,22,24). The van der Waals surface area contributed by atoms with Crippen LogP contribution >= 0.6 is 11.6 Å². The van der Waals surface area contributed by atoms with Gasteiger partial charge in [0, 0.05) is 6.54 Å². The number of benzene rings is 2. The average molecular weight is 378 g/mol. The molecule has 0 amide bonds. The first kappa shape index (κ1) is 17.1. The van der Waals surface area contributed by atoms with Gasteiger partial charge in [-0.2, -0.15) is 9.78 Å². The van der Waals surface area contributed by atoms with Crippen LogP contribution in [0, 0.1) is 0 Å². The van der Waals surface area contributed by atoms with Crippen molar-refractivity contribution in [2.75, 3.05) is 11.9 Å². The van der Waals surface area contributed by atoms with Crippen LogP contribution in [0.1, 0.15) is 0 Å². The van der Waals surface area contributed by atoms with Crippen LogP contribution in [0.2, 0.25) is 5.02 Å². The minimum absolute atomic E-state index is 0.0682. The molecule has 27 heavy (non-hydrogen) atoms. The molecule has 0 radical (unpaired) electrons. The van der Waals surface area contributed by atoms with Gasteiger partial charge in [0.2, 0.25) is 5.95 Å². The number of imidazole rings is 1. The molecule has 2 aromatic carbocycles. The molecule has 0 aliphatic carbocycles. The van der Waals surface area contributed by atoms with Gasteiger partial charge >= 0.3 is 0 Å². The summed E-state index contributed by atoms with van der Waals surface area (Å²) < 4.78 is 3.08. The molecule has 0 aliphatic heterocycles. The lowest BCUT2D eigenvalue weighted by Gasteiger charge is -2.12. The number of nitrogens with zero attached hydrogens (tertiary/aromatic N) is 4. The molecule has 0 unspecified atom stereocenters. The molecule has 0 bridgehead atoms. The van der Waals surface area contributed by atoms with Gasteiger partial charge in [-0.05, 0) is 24.3 Å². The maximum atomic E-state index is 12.8. The Hall–Kier alpha value is -3.38. The zero-order valence-electron chi connectivity index (χ0n) is 14.3. The first-order valence-corrected chi connectivity index (χ1v) is 8.74. The summed E-state index contributed by atoms with van der Waals surface area (Å²) in [6.07, 6.45) is 3.31. The molecule has 0 atom stereocenters. The lowest BCUT2D eigenvalue weighted by atomic mass is 10.3. The van der Waals surface area contributed by atoms with Gasteiger partial charge in [0.15, 0.2) is 0 Å². The summed E-state index contributed by atoms with van der Waals surface area (Å²) in [6, 6.07) is 16.8. The maximum Gasteiger partial charge on any atom is 0.292 e. The maximum absolute atomic E-state index is 12.8. The smallest absolute Gasteiger partial charge is 0.292 e. The summed E-state index contributed by atoms with van der Waals surface area (Å²) in [5.74, 6) is 0.566. The van der Waals surface area contributed by atoms with Gasteiger partial charge in [0.25, 0.3) is 5.56 Å². The third kappa shape index (κ3) is 3.00. The van der Waals surface area contributed by atoms with Crippen molar-refractivity contribution in [1.29, 1.82) is 0 Å². The Kier molecular flexibility index (Phi) is 4.48. The summed E-state index contributed by atoms with van der Waals surface area (Å²) in [5, 5.41) is 7.57. The summed E-state index contributed by atoms with van der Waals surface area (Å²) in [6.45, 7) is 4.24. The number of hydrogen-bond acceptors (Lipinski definition) is 4. The molecule has 0 fully saturated rings. The van der Waals surface area contributed by atoms with Crippen molar-refractivity contribution in [3.63, 3.8) is 0 Å². The van der Waals surface area contributed by atoms with Crippen LogP contribution in [0.15, 0.2) is 78.2 Å². The Morgan fingerprint density at radius 1 is 1.11 bits per heavy atom. The highest BCUT2D eigenvalue weighted by molar-refractivity contribution is 6.32. The van der Waals surface area contributed by atoms with E-state index in [1.54, 1.807) is 29.0 Å². The van der Waals surface area contributed by atoms with Gasteiger partial charge in [-0.25, -0.2) is 4.98 Å². The molecule has 7 heteroatoms. The zero-order chi connectivity index (χ0) is 18.8. The van der Waals surface area contributed by atoms with E-state index in [4.69, 9.17) is 11.6 Å². The van der Waals surface area contributed by atoms with Crippen molar-refractivity contribution in [2.45, 2.75) is 0 Å². The summed E-state index contributed by atoms with van der Waals surface area (Å²) in [5.41, 5.74) is 2.33. The number of halogens is 1. The quantitative estimate of drug-likeness (QED) is 0.537. The van der Waals surface area contributed by atoms with Gasteiger partial charge in [-0.3, -0.25) is 9.36 Å². The van der Waals surface area contributed by atoms with Crippen LogP contribution in [-0.4, -0.2) is 25.9 Å². The number of nitrogens with one attached hydrogen (secondary N) is 1. The molecule has 4 rings (SSSR count). The van der Waals surface area contributed by atoms with E-state index in [1.165, 1.54) is 4.68 Å². The molecule has 2 aromatic heterocycles. The van der Waals surface area contributed by atoms with E-state index >= 15 is 0 Å². The Morgan fingerprint density at radius 3 is 2.63 bits per heavy atom. The highest BCUT2D eigenvalue weighted by atomic mass is 35.5. The van der Waals surface area contributed by atoms with E-state index in [2.05, 4.69) is 22.0 Å². The third-order valence-electron chi connectivity index (χ3n) is 4.11. The fraction of sp³-hybridized carbons (Fsp3) is 0.0500. The average Bonchev–Trinajstić information content (AvgIpc) is 3.07. The normalized spacial score (nSPS) is 10.9. The Bertz CT molecular complexity index is 1180. The fourth-order valence-electron chi connectivity index (χ4n) is 2.88. The van der Waals surface area contributed by atoms with Crippen molar-refractivity contribution in [2.24, 2.45) is 0 Å². The number of anilines is 1. The van der Waals surface area contributed by atoms with E-state index < -0.39 is 5.56 Å². The van der Waals surface area contributed by atoms with Crippen LogP contribution in [0.3, 0.4) is 0 Å². The Morgan fingerprint density at radius 2 is 1.85 bits per heavy atom. The van der Waals surface area contributed by atoms with E-state index in [0.29, 0.717) is 23.9 Å². The van der Waals surface area contributed by atoms with Crippen LogP contribution < -0.4 is 10.9 Å². The molecule has 1 N–H and O–H groups in total. The molecule has 134 valence electrons. The molecular weight excluding hydrogens is 362 g/mol. The fourth-order valence-corrected chi connectivity index (χ4v) is 3.10. The van der Waals surface area contributed by atoms with Gasteiger partial charge in [0.1, 0.15) is 5.02 Å². The second kappa shape index (κ2) is 7.09. The molecule has 0 saturated carbocycles. The number of para-hydroxylation sites is 3. The minimum atomic E-state index is -0.396. The molecule has 6 nitrogen and oxygen atoms in total. The number of hydrogen-bond donors (Lipinski definition) is 1. The molecule has 0 saturated heterocycles. The monoisotopic (exact) mass is 377 g/mol. The van der Waals surface area contributed by atoms with Crippen molar-refractivity contribution < 1.29 is 0 Å². The SMILES string of the molecule is C=CCNc1nc2ccccc2n1-c1cnn(-c2ccccc2)c(=O)c1Cl. The number of rotatable bonds is 5. The van der Waals surface area contributed by atoms with Gasteiger partial charge < -0.3 is 5.32 Å². The summed E-state index contributed by atoms with van der Waals surface area (Å²) >= 11 is 6.48. The van der Waals surface area contributed by atoms with E-state index in [1.807, 2.05) is 42.5 Å². The highest BCUT2D eigenvalue weighted by Gasteiger charge is 2.18. The molecule has 0 spiro atoms. The van der Waals surface area contributed by atoms with E-state index in [9.17, 15) is 4.79 Å². The topological polar surface area (TPSA) is 64.7 Å². The molecule has 2 heterocycles. The van der Waals surface area contributed by atoms with Crippen molar-refractivity contribution in [1.82, 2.24) is 19.3 Å². The largest absolute Gasteiger partial charge is 0.352 e. The third-order valence-corrected chi connectivity index (χ3v) is 4.46. The number of fused-ring (bicyclic) bond motifs is 1. The summed E-state index contributed by atoms with van der Waals surface area (Å²) in [4.78, 5) is 17.4. The first-order valence-electron chi connectivity index (χ1n) is 8.36. The van der Waals surface area contributed by atoms with E-state index in [-0.39, 0.29) is 5.02 Å². The van der Waals surface area contributed by atoms with Crippen LogP contribution in [-0.2, 0) is 0 Å². The first-order chi connectivity index (χ1) is 13.2. The zero-order valence-corrected chi connectivity index (χ0v) is 15.1. The van der Waals surface area contributed by atoms with Gasteiger partial charge in [-0.1, -0.05) is 48.0 Å². The highest BCUT2D eigenvalue weighted by Crippen LogP contribution is 2.27. The second-order valence-corrected chi connectivity index (χ2v) is 6.20. The van der Waals surface area contributed by atoms with Crippen molar-refractivity contribution >= 4 is 28.6 Å². The van der Waals surface area contributed by atoms with E-state index in [0.717, 1.165) is 11.0 Å². The molecule has 0 aliphatic rings. The predicted octanol–water partition coefficient (Wildman–Crippen LogP) is 3.82.